The lowest BCUT2D eigenvalue weighted by Gasteiger charge is -2.14. The van der Waals surface area contributed by atoms with Gasteiger partial charge < -0.3 is 10.2 Å². The molecule has 0 radical (unpaired) electrons. The highest BCUT2D eigenvalue weighted by Crippen LogP contribution is 2.13. The van der Waals surface area contributed by atoms with E-state index in [0.717, 1.165) is 16.7 Å². The summed E-state index contributed by atoms with van der Waals surface area (Å²) in [6.45, 7) is 4.82. The van der Waals surface area contributed by atoms with Crippen molar-refractivity contribution in [3.63, 3.8) is 0 Å². The Balaban J connectivity index is 1.64. The molecule has 4 heteroatoms. The fraction of sp³-hybridized carbons (Fsp3) is 0.583. The van der Waals surface area contributed by atoms with Crippen LogP contribution in [-0.2, 0) is 0 Å². The van der Waals surface area contributed by atoms with Crippen molar-refractivity contribution in [1.82, 2.24) is 9.88 Å². The second-order valence-corrected chi connectivity index (χ2v) is 5.14. The molecule has 0 saturated carbocycles. The lowest BCUT2D eigenvalue weighted by molar-refractivity contribution is 0.337. The van der Waals surface area contributed by atoms with E-state index in [9.17, 15) is 0 Å². The smallest absolute Gasteiger partial charge is 0.0538 e. The molecule has 0 aliphatic carbocycles. The standard InChI is InChI=1S/C12H18BrN3/c13-11-8-12(10-14-9-11)15-4-3-7-16-5-1-2-6-16/h8-10,15H,1-7H2. The number of aromatic nitrogens is 1. The van der Waals surface area contributed by atoms with Crippen molar-refractivity contribution in [2.24, 2.45) is 0 Å². The summed E-state index contributed by atoms with van der Waals surface area (Å²) in [5, 5.41) is 3.39. The van der Waals surface area contributed by atoms with Crippen molar-refractivity contribution in [1.29, 1.82) is 0 Å². The Labute approximate surface area is 105 Å². The van der Waals surface area contributed by atoms with E-state index in [0.29, 0.717) is 0 Å². The third-order valence-electron chi connectivity index (χ3n) is 2.88. The van der Waals surface area contributed by atoms with E-state index in [1.165, 1.54) is 38.9 Å². The quantitative estimate of drug-likeness (QED) is 0.843. The van der Waals surface area contributed by atoms with Crippen LogP contribution in [0.25, 0.3) is 0 Å². The highest BCUT2D eigenvalue weighted by molar-refractivity contribution is 9.10. The van der Waals surface area contributed by atoms with Gasteiger partial charge in [0.25, 0.3) is 0 Å². The van der Waals surface area contributed by atoms with Crippen molar-refractivity contribution >= 4 is 21.6 Å². The minimum absolute atomic E-state index is 1.02. The van der Waals surface area contributed by atoms with Crippen LogP contribution in [0.15, 0.2) is 22.9 Å². The molecule has 1 aromatic heterocycles. The molecule has 0 atom stereocenters. The van der Waals surface area contributed by atoms with Crippen LogP contribution < -0.4 is 5.32 Å². The number of nitrogens with zero attached hydrogens (tertiary/aromatic N) is 2. The van der Waals surface area contributed by atoms with E-state index >= 15 is 0 Å². The Bertz CT molecular complexity index is 324. The number of rotatable bonds is 5. The van der Waals surface area contributed by atoms with Crippen molar-refractivity contribution < 1.29 is 0 Å². The first-order valence-electron chi connectivity index (χ1n) is 5.91. The molecule has 1 saturated heterocycles. The molecule has 0 bridgehead atoms. The topological polar surface area (TPSA) is 28.2 Å². The Hall–Kier alpha value is -0.610. The Morgan fingerprint density at radius 1 is 1.31 bits per heavy atom. The monoisotopic (exact) mass is 283 g/mol. The zero-order valence-corrected chi connectivity index (χ0v) is 11.0. The van der Waals surface area contributed by atoms with Gasteiger partial charge in [0.05, 0.1) is 11.9 Å². The molecule has 16 heavy (non-hydrogen) atoms. The van der Waals surface area contributed by atoms with Crippen LogP contribution in [0.5, 0.6) is 0 Å². The normalized spacial score (nSPS) is 16.6. The van der Waals surface area contributed by atoms with Gasteiger partial charge in [0.2, 0.25) is 0 Å². The van der Waals surface area contributed by atoms with Crippen molar-refractivity contribution in [3.8, 4) is 0 Å². The molecule has 1 N–H and O–H groups in total. The molecule has 1 aliphatic heterocycles. The van der Waals surface area contributed by atoms with Gasteiger partial charge in [-0.2, -0.15) is 0 Å². The molecule has 88 valence electrons. The van der Waals surface area contributed by atoms with E-state index in [2.05, 4.69) is 37.2 Å². The highest BCUT2D eigenvalue weighted by atomic mass is 79.9. The van der Waals surface area contributed by atoms with Gasteiger partial charge in [0.15, 0.2) is 0 Å². The van der Waals surface area contributed by atoms with Crippen molar-refractivity contribution in [2.75, 3.05) is 31.5 Å². The Kier molecular flexibility index (Phi) is 4.60. The van der Waals surface area contributed by atoms with E-state index < -0.39 is 0 Å². The molecular formula is C12H18BrN3. The number of hydrogen-bond donors (Lipinski definition) is 1. The Morgan fingerprint density at radius 2 is 2.12 bits per heavy atom. The molecule has 2 rings (SSSR count). The summed E-state index contributed by atoms with van der Waals surface area (Å²) >= 11 is 3.41. The van der Waals surface area contributed by atoms with Crippen LogP contribution >= 0.6 is 15.9 Å². The minimum atomic E-state index is 1.02. The van der Waals surface area contributed by atoms with E-state index in [1.54, 1.807) is 6.20 Å². The number of halogens is 1. The van der Waals surface area contributed by atoms with Gasteiger partial charge in [-0.3, -0.25) is 4.98 Å². The number of anilines is 1. The minimum Gasteiger partial charge on any atom is -0.384 e. The summed E-state index contributed by atoms with van der Waals surface area (Å²) in [6.07, 6.45) is 7.62. The fourth-order valence-corrected chi connectivity index (χ4v) is 2.41. The molecule has 3 nitrogen and oxygen atoms in total. The second kappa shape index (κ2) is 6.21. The lowest BCUT2D eigenvalue weighted by atomic mass is 10.3. The Morgan fingerprint density at radius 3 is 2.88 bits per heavy atom. The second-order valence-electron chi connectivity index (χ2n) is 4.22. The largest absolute Gasteiger partial charge is 0.384 e. The van der Waals surface area contributed by atoms with Gasteiger partial charge in [-0.25, -0.2) is 0 Å². The van der Waals surface area contributed by atoms with Crippen LogP contribution in [0.4, 0.5) is 5.69 Å². The van der Waals surface area contributed by atoms with Gasteiger partial charge in [0, 0.05) is 17.2 Å². The number of hydrogen-bond acceptors (Lipinski definition) is 3. The average molecular weight is 284 g/mol. The summed E-state index contributed by atoms with van der Waals surface area (Å²) < 4.78 is 1.03. The zero-order chi connectivity index (χ0) is 11.2. The van der Waals surface area contributed by atoms with Crippen LogP contribution in [0.2, 0.25) is 0 Å². The number of pyridine rings is 1. The maximum Gasteiger partial charge on any atom is 0.0538 e. The third-order valence-corrected chi connectivity index (χ3v) is 3.32. The molecule has 1 fully saturated rings. The lowest BCUT2D eigenvalue weighted by Crippen LogP contribution is -2.22. The van der Waals surface area contributed by atoms with Gasteiger partial charge in [0.1, 0.15) is 0 Å². The first kappa shape index (κ1) is 11.9. The highest BCUT2D eigenvalue weighted by Gasteiger charge is 2.09. The average Bonchev–Trinajstić information content (AvgIpc) is 2.77. The summed E-state index contributed by atoms with van der Waals surface area (Å²) in [6, 6.07) is 2.06. The summed E-state index contributed by atoms with van der Waals surface area (Å²) in [5.74, 6) is 0. The van der Waals surface area contributed by atoms with Gasteiger partial charge in [-0.15, -0.1) is 0 Å². The van der Waals surface area contributed by atoms with Crippen molar-refractivity contribution in [3.05, 3.63) is 22.9 Å². The van der Waals surface area contributed by atoms with Crippen LogP contribution in [-0.4, -0.2) is 36.1 Å². The fourth-order valence-electron chi connectivity index (χ4n) is 2.05. The molecule has 1 aromatic rings. The van der Waals surface area contributed by atoms with Crippen molar-refractivity contribution in [2.45, 2.75) is 19.3 Å². The first-order chi connectivity index (χ1) is 7.84. The van der Waals surface area contributed by atoms with Crippen LogP contribution in [0.3, 0.4) is 0 Å². The molecule has 0 amide bonds. The predicted molar refractivity (Wildman–Crippen MR) is 70.7 cm³/mol. The summed E-state index contributed by atoms with van der Waals surface area (Å²) in [4.78, 5) is 6.66. The van der Waals surface area contributed by atoms with Gasteiger partial charge >= 0.3 is 0 Å². The molecule has 1 aliphatic rings. The summed E-state index contributed by atoms with van der Waals surface area (Å²) in [5.41, 5.74) is 1.09. The van der Waals surface area contributed by atoms with E-state index in [-0.39, 0.29) is 0 Å². The number of likely N-dealkylation sites (tertiary alicyclic amines) is 1. The molecular weight excluding hydrogens is 266 g/mol. The molecule has 2 heterocycles. The maximum atomic E-state index is 4.12. The van der Waals surface area contributed by atoms with Gasteiger partial charge in [-0.05, 0) is 60.9 Å². The van der Waals surface area contributed by atoms with E-state index in [1.807, 2.05) is 6.20 Å². The third kappa shape index (κ3) is 3.76. The van der Waals surface area contributed by atoms with E-state index in [4.69, 9.17) is 0 Å². The summed E-state index contributed by atoms with van der Waals surface area (Å²) in [7, 11) is 0. The number of nitrogens with one attached hydrogen (secondary N) is 1. The molecule has 0 aromatic carbocycles. The van der Waals surface area contributed by atoms with Crippen LogP contribution in [0.1, 0.15) is 19.3 Å². The molecule has 0 spiro atoms. The maximum absolute atomic E-state index is 4.12. The SMILES string of the molecule is Brc1cncc(NCCCN2CCCC2)c1. The van der Waals surface area contributed by atoms with Gasteiger partial charge in [-0.1, -0.05) is 0 Å². The van der Waals surface area contributed by atoms with Crippen LogP contribution in [0, 0.1) is 0 Å². The first-order valence-corrected chi connectivity index (χ1v) is 6.71. The zero-order valence-electron chi connectivity index (χ0n) is 9.45. The predicted octanol–water partition coefficient (Wildman–Crippen LogP) is 2.74. The molecule has 0 unspecified atom stereocenters.